The Balaban J connectivity index is 1.61. The van der Waals surface area contributed by atoms with Crippen LogP contribution in [0, 0.1) is 0 Å². The number of thioether (sulfide) groups is 1. The van der Waals surface area contributed by atoms with E-state index < -0.39 is 0 Å². The molecular weight excluding hydrogens is 292 g/mol. The molecule has 22 heavy (non-hydrogen) atoms. The van der Waals surface area contributed by atoms with Gasteiger partial charge in [-0.15, -0.1) is 0 Å². The molecule has 1 unspecified atom stereocenters. The Morgan fingerprint density at radius 3 is 2.95 bits per heavy atom. The van der Waals surface area contributed by atoms with E-state index in [4.69, 9.17) is 5.11 Å². The molecule has 0 aliphatic heterocycles. The maximum absolute atomic E-state index is 8.85. The van der Waals surface area contributed by atoms with Gasteiger partial charge in [-0.2, -0.15) is 11.8 Å². The number of benzene rings is 1. The number of hydrogen-bond acceptors (Lipinski definition) is 4. The lowest BCUT2D eigenvalue weighted by molar-refractivity contribution is 0.322. The minimum Gasteiger partial charge on any atom is -0.396 e. The number of aryl methyl sites for hydroxylation is 1. The van der Waals surface area contributed by atoms with Gasteiger partial charge in [0.25, 0.3) is 0 Å². The van der Waals surface area contributed by atoms with E-state index in [1.54, 1.807) is 11.8 Å². The number of nitrogens with one attached hydrogen (secondary N) is 1. The quantitative estimate of drug-likeness (QED) is 0.803. The SMILES string of the molecule is OCCSCc1ccnc(NC2CCc3ccccc3C2)c1. The lowest BCUT2D eigenvalue weighted by Gasteiger charge is -2.26. The minimum absolute atomic E-state index is 0.238. The van der Waals surface area contributed by atoms with Crippen molar-refractivity contribution in [3.05, 3.63) is 59.3 Å². The molecule has 1 atom stereocenters. The van der Waals surface area contributed by atoms with Crippen molar-refractivity contribution in [2.45, 2.75) is 31.1 Å². The molecule has 0 fully saturated rings. The number of pyridine rings is 1. The standard InChI is InChI=1S/C18H22N2OS/c21-9-10-22-13-14-7-8-19-18(11-14)20-17-6-5-15-3-1-2-4-16(15)12-17/h1-4,7-8,11,17,21H,5-6,9-10,12-13H2,(H,19,20). The first-order valence-corrected chi connectivity index (χ1v) is 8.97. The molecule has 0 saturated carbocycles. The van der Waals surface area contributed by atoms with E-state index in [-0.39, 0.29) is 6.61 Å². The Labute approximate surface area is 136 Å². The van der Waals surface area contributed by atoms with Crippen LogP contribution in [0.4, 0.5) is 5.82 Å². The van der Waals surface area contributed by atoms with E-state index >= 15 is 0 Å². The molecule has 116 valence electrons. The average molecular weight is 314 g/mol. The maximum Gasteiger partial charge on any atom is 0.126 e. The fourth-order valence-electron chi connectivity index (χ4n) is 2.93. The van der Waals surface area contributed by atoms with Crippen LogP contribution in [-0.4, -0.2) is 28.5 Å². The van der Waals surface area contributed by atoms with Gasteiger partial charge in [0.1, 0.15) is 5.82 Å². The van der Waals surface area contributed by atoms with Crippen LogP contribution in [-0.2, 0) is 18.6 Å². The summed E-state index contributed by atoms with van der Waals surface area (Å²) in [6.45, 7) is 0.238. The summed E-state index contributed by atoms with van der Waals surface area (Å²) < 4.78 is 0. The summed E-state index contributed by atoms with van der Waals surface area (Å²) in [4.78, 5) is 4.45. The fourth-order valence-corrected chi connectivity index (χ4v) is 3.62. The van der Waals surface area contributed by atoms with Gasteiger partial charge in [-0.05, 0) is 48.1 Å². The smallest absolute Gasteiger partial charge is 0.126 e. The molecule has 2 aromatic rings. The second kappa shape index (κ2) is 7.65. The summed E-state index contributed by atoms with van der Waals surface area (Å²) in [7, 11) is 0. The summed E-state index contributed by atoms with van der Waals surface area (Å²) in [5, 5.41) is 12.4. The lowest BCUT2D eigenvalue weighted by atomic mass is 9.88. The van der Waals surface area contributed by atoms with Crippen molar-refractivity contribution in [3.63, 3.8) is 0 Å². The topological polar surface area (TPSA) is 45.2 Å². The number of aromatic nitrogens is 1. The maximum atomic E-state index is 8.85. The number of aliphatic hydroxyl groups is 1. The second-order valence-corrected chi connectivity index (χ2v) is 6.78. The molecule has 1 aromatic carbocycles. The van der Waals surface area contributed by atoms with Crippen LogP contribution in [0.25, 0.3) is 0 Å². The summed E-state index contributed by atoms with van der Waals surface area (Å²) in [5.74, 6) is 2.67. The van der Waals surface area contributed by atoms with Crippen LogP contribution in [0.2, 0.25) is 0 Å². The van der Waals surface area contributed by atoms with Crippen LogP contribution >= 0.6 is 11.8 Å². The molecule has 1 aromatic heterocycles. The fraction of sp³-hybridized carbons (Fsp3) is 0.389. The van der Waals surface area contributed by atoms with E-state index in [9.17, 15) is 0 Å². The number of aliphatic hydroxyl groups excluding tert-OH is 1. The minimum atomic E-state index is 0.238. The van der Waals surface area contributed by atoms with Crippen LogP contribution in [0.1, 0.15) is 23.1 Å². The van der Waals surface area contributed by atoms with Gasteiger partial charge in [0.05, 0.1) is 6.61 Å². The summed E-state index contributed by atoms with van der Waals surface area (Å²) in [6, 6.07) is 13.4. The van der Waals surface area contributed by atoms with Crippen molar-refractivity contribution in [2.24, 2.45) is 0 Å². The Morgan fingerprint density at radius 2 is 2.09 bits per heavy atom. The first kappa shape index (κ1) is 15.4. The molecule has 1 heterocycles. The first-order valence-electron chi connectivity index (χ1n) is 7.82. The zero-order valence-corrected chi connectivity index (χ0v) is 13.5. The van der Waals surface area contributed by atoms with Crippen LogP contribution < -0.4 is 5.32 Å². The third-order valence-electron chi connectivity index (χ3n) is 4.03. The van der Waals surface area contributed by atoms with Crippen molar-refractivity contribution in [3.8, 4) is 0 Å². The molecule has 2 N–H and O–H groups in total. The van der Waals surface area contributed by atoms with Gasteiger partial charge in [-0.1, -0.05) is 24.3 Å². The normalized spacial score (nSPS) is 17.0. The highest BCUT2D eigenvalue weighted by molar-refractivity contribution is 7.98. The molecule has 1 aliphatic carbocycles. The predicted molar refractivity (Wildman–Crippen MR) is 93.4 cm³/mol. The van der Waals surface area contributed by atoms with E-state index in [1.807, 2.05) is 12.3 Å². The van der Waals surface area contributed by atoms with E-state index in [2.05, 4.69) is 40.6 Å². The van der Waals surface area contributed by atoms with Gasteiger partial charge >= 0.3 is 0 Å². The van der Waals surface area contributed by atoms with Gasteiger partial charge in [0.15, 0.2) is 0 Å². The first-order chi connectivity index (χ1) is 10.8. The van der Waals surface area contributed by atoms with Crippen molar-refractivity contribution in [1.82, 2.24) is 4.98 Å². The molecular formula is C18H22N2OS. The monoisotopic (exact) mass is 314 g/mol. The average Bonchev–Trinajstić information content (AvgIpc) is 2.55. The second-order valence-electron chi connectivity index (χ2n) is 5.68. The van der Waals surface area contributed by atoms with E-state index in [0.717, 1.165) is 36.6 Å². The zero-order chi connectivity index (χ0) is 15.2. The van der Waals surface area contributed by atoms with Gasteiger partial charge < -0.3 is 10.4 Å². The Morgan fingerprint density at radius 1 is 1.23 bits per heavy atom. The number of rotatable bonds is 6. The molecule has 0 bridgehead atoms. The highest BCUT2D eigenvalue weighted by atomic mass is 32.2. The Bertz CT molecular complexity index is 618. The Kier molecular flexibility index (Phi) is 5.35. The van der Waals surface area contributed by atoms with Crippen LogP contribution in [0.5, 0.6) is 0 Å². The molecule has 0 amide bonds. The molecule has 3 nitrogen and oxygen atoms in total. The Hall–Kier alpha value is -1.52. The highest BCUT2D eigenvalue weighted by Crippen LogP contribution is 2.23. The lowest BCUT2D eigenvalue weighted by Crippen LogP contribution is -2.27. The van der Waals surface area contributed by atoms with Gasteiger partial charge in [0, 0.05) is 23.7 Å². The van der Waals surface area contributed by atoms with Crippen molar-refractivity contribution in [1.29, 1.82) is 0 Å². The molecule has 0 saturated heterocycles. The number of hydrogen-bond donors (Lipinski definition) is 2. The number of nitrogens with zero attached hydrogens (tertiary/aromatic N) is 1. The van der Waals surface area contributed by atoms with Crippen LogP contribution in [0.3, 0.4) is 0 Å². The largest absolute Gasteiger partial charge is 0.396 e. The number of fused-ring (bicyclic) bond motifs is 1. The molecule has 3 rings (SSSR count). The van der Waals surface area contributed by atoms with Gasteiger partial charge in [-0.3, -0.25) is 0 Å². The van der Waals surface area contributed by atoms with E-state index in [0.29, 0.717) is 6.04 Å². The van der Waals surface area contributed by atoms with Gasteiger partial charge in [-0.25, -0.2) is 4.98 Å². The summed E-state index contributed by atoms with van der Waals surface area (Å²) in [5.41, 5.74) is 4.20. The third-order valence-corrected chi connectivity index (χ3v) is 5.04. The zero-order valence-electron chi connectivity index (χ0n) is 12.7. The van der Waals surface area contributed by atoms with Crippen molar-refractivity contribution in [2.75, 3.05) is 17.7 Å². The number of anilines is 1. The van der Waals surface area contributed by atoms with E-state index in [1.165, 1.54) is 16.7 Å². The molecule has 0 radical (unpaired) electrons. The van der Waals surface area contributed by atoms with Crippen molar-refractivity contribution >= 4 is 17.6 Å². The molecule has 0 spiro atoms. The van der Waals surface area contributed by atoms with Crippen LogP contribution in [0.15, 0.2) is 42.6 Å². The van der Waals surface area contributed by atoms with Crippen molar-refractivity contribution < 1.29 is 5.11 Å². The molecule has 1 aliphatic rings. The highest BCUT2D eigenvalue weighted by Gasteiger charge is 2.18. The third kappa shape index (κ3) is 4.02. The summed E-state index contributed by atoms with van der Waals surface area (Å²) >= 11 is 1.75. The van der Waals surface area contributed by atoms with Gasteiger partial charge in [0.2, 0.25) is 0 Å². The summed E-state index contributed by atoms with van der Waals surface area (Å²) in [6.07, 6.45) is 5.23. The predicted octanol–water partition coefficient (Wildman–Crippen LogP) is 3.28. The molecule has 4 heteroatoms.